The van der Waals surface area contributed by atoms with Crippen LogP contribution >= 0.6 is 22.9 Å². The summed E-state index contributed by atoms with van der Waals surface area (Å²) in [6, 6.07) is 7.10. The molecule has 0 aliphatic rings. The number of aliphatic hydroxyl groups is 1. The van der Waals surface area contributed by atoms with Crippen LogP contribution < -0.4 is 4.74 Å². The van der Waals surface area contributed by atoms with Gasteiger partial charge in [-0.05, 0) is 31.3 Å². The first-order chi connectivity index (χ1) is 9.63. The lowest BCUT2D eigenvalue weighted by atomic mass is 10.3. The fraction of sp³-hybridized carbons (Fsp3) is 0.357. The second-order valence-corrected chi connectivity index (χ2v) is 5.96. The summed E-state index contributed by atoms with van der Waals surface area (Å²) < 4.78 is 5.51. The van der Waals surface area contributed by atoms with Crippen molar-refractivity contribution in [3.8, 4) is 5.75 Å². The lowest BCUT2D eigenvalue weighted by molar-refractivity contribution is 0.0744. The summed E-state index contributed by atoms with van der Waals surface area (Å²) in [4.78, 5) is 6.24. The second-order valence-electron chi connectivity index (χ2n) is 4.54. The predicted octanol–water partition coefficient (Wildman–Crippen LogP) is 2.67. The standard InChI is InChI=1S/C14H17ClN2O2S/c1-17(9-14-16-6-7-20-14)8-12(18)10-19-13-4-2-11(15)3-5-13/h2-7,12,18H,8-10H2,1H3. The van der Waals surface area contributed by atoms with E-state index in [1.54, 1.807) is 41.8 Å². The Kier molecular flexibility index (Phi) is 5.79. The van der Waals surface area contributed by atoms with Crippen LogP contribution in [0.2, 0.25) is 5.02 Å². The molecule has 108 valence electrons. The van der Waals surface area contributed by atoms with Gasteiger partial charge in [0.1, 0.15) is 23.5 Å². The molecule has 0 aliphatic heterocycles. The van der Waals surface area contributed by atoms with E-state index in [1.807, 2.05) is 17.3 Å². The van der Waals surface area contributed by atoms with Crippen LogP contribution in [0, 0.1) is 0 Å². The molecule has 0 saturated carbocycles. The van der Waals surface area contributed by atoms with Gasteiger partial charge in [0, 0.05) is 23.1 Å². The third-order valence-electron chi connectivity index (χ3n) is 2.67. The number of ether oxygens (including phenoxy) is 1. The summed E-state index contributed by atoms with van der Waals surface area (Å²) in [7, 11) is 1.95. The van der Waals surface area contributed by atoms with Crippen molar-refractivity contribution in [3.05, 3.63) is 45.9 Å². The normalized spacial score (nSPS) is 12.6. The molecule has 0 amide bonds. The molecule has 6 heteroatoms. The van der Waals surface area contributed by atoms with Crippen LogP contribution in [0.3, 0.4) is 0 Å². The Bertz CT molecular complexity index is 504. The Morgan fingerprint density at radius 3 is 2.80 bits per heavy atom. The fourth-order valence-electron chi connectivity index (χ4n) is 1.76. The monoisotopic (exact) mass is 312 g/mol. The van der Waals surface area contributed by atoms with Crippen LogP contribution in [-0.2, 0) is 6.54 Å². The lowest BCUT2D eigenvalue weighted by Crippen LogP contribution is -2.32. The maximum absolute atomic E-state index is 9.95. The summed E-state index contributed by atoms with van der Waals surface area (Å²) in [5, 5.41) is 13.6. The number of thiazole rings is 1. The van der Waals surface area contributed by atoms with Crippen LogP contribution in [0.15, 0.2) is 35.8 Å². The van der Waals surface area contributed by atoms with E-state index in [9.17, 15) is 5.11 Å². The van der Waals surface area contributed by atoms with Gasteiger partial charge in [-0.25, -0.2) is 4.98 Å². The van der Waals surface area contributed by atoms with E-state index < -0.39 is 6.10 Å². The molecule has 0 bridgehead atoms. The number of likely N-dealkylation sites (N-methyl/N-ethyl adjacent to an activating group) is 1. The molecule has 1 heterocycles. The van der Waals surface area contributed by atoms with E-state index in [0.717, 1.165) is 11.6 Å². The van der Waals surface area contributed by atoms with Crippen LogP contribution in [0.5, 0.6) is 5.75 Å². The molecule has 20 heavy (non-hydrogen) atoms. The molecule has 1 atom stereocenters. The average molecular weight is 313 g/mol. The quantitative estimate of drug-likeness (QED) is 0.854. The minimum atomic E-state index is -0.546. The van der Waals surface area contributed by atoms with E-state index in [2.05, 4.69) is 4.98 Å². The maximum Gasteiger partial charge on any atom is 0.119 e. The number of aromatic nitrogens is 1. The maximum atomic E-state index is 9.95. The third-order valence-corrected chi connectivity index (χ3v) is 3.68. The molecule has 2 aromatic rings. The summed E-state index contributed by atoms with van der Waals surface area (Å²) in [6.07, 6.45) is 1.24. The van der Waals surface area contributed by atoms with Gasteiger partial charge in [0.25, 0.3) is 0 Å². The van der Waals surface area contributed by atoms with Gasteiger partial charge in [0.05, 0.1) is 6.54 Å². The van der Waals surface area contributed by atoms with E-state index in [-0.39, 0.29) is 6.61 Å². The molecule has 1 aromatic carbocycles. The van der Waals surface area contributed by atoms with Gasteiger partial charge in [-0.1, -0.05) is 11.6 Å². The van der Waals surface area contributed by atoms with Crippen molar-refractivity contribution in [1.29, 1.82) is 0 Å². The van der Waals surface area contributed by atoms with Crippen molar-refractivity contribution in [2.24, 2.45) is 0 Å². The number of hydrogen-bond donors (Lipinski definition) is 1. The zero-order valence-corrected chi connectivity index (χ0v) is 12.8. The number of aliphatic hydroxyl groups excluding tert-OH is 1. The van der Waals surface area contributed by atoms with Gasteiger partial charge in [-0.2, -0.15) is 0 Å². The Balaban J connectivity index is 1.71. The molecular formula is C14H17ClN2O2S. The van der Waals surface area contributed by atoms with Gasteiger partial charge in [0.15, 0.2) is 0 Å². The highest BCUT2D eigenvalue weighted by Gasteiger charge is 2.10. The number of benzene rings is 1. The van der Waals surface area contributed by atoms with Gasteiger partial charge in [0.2, 0.25) is 0 Å². The van der Waals surface area contributed by atoms with Crippen LogP contribution in [0.4, 0.5) is 0 Å². The SMILES string of the molecule is CN(Cc1nccs1)CC(O)COc1ccc(Cl)cc1. The largest absolute Gasteiger partial charge is 0.491 e. The Hall–Kier alpha value is -1.14. The molecular weight excluding hydrogens is 296 g/mol. The van der Waals surface area contributed by atoms with E-state index in [1.165, 1.54) is 0 Å². The molecule has 2 rings (SSSR count). The van der Waals surface area contributed by atoms with Crippen molar-refractivity contribution in [2.45, 2.75) is 12.6 Å². The zero-order valence-electron chi connectivity index (χ0n) is 11.2. The summed E-state index contributed by atoms with van der Waals surface area (Å²) in [5.74, 6) is 0.705. The fourth-order valence-corrected chi connectivity index (χ4v) is 2.58. The van der Waals surface area contributed by atoms with Gasteiger partial charge in [-0.15, -0.1) is 11.3 Å². The first-order valence-corrected chi connectivity index (χ1v) is 7.52. The first kappa shape index (κ1) is 15.3. The smallest absolute Gasteiger partial charge is 0.119 e. The molecule has 1 unspecified atom stereocenters. The minimum absolute atomic E-state index is 0.254. The predicted molar refractivity (Wildman–Crippen MR) is 81.4 cm³/mol. The highest BCUT2D eigenvalue weighted by molar-refractivity contribution is 7.09. The summed E-state index contributed by atoms with van der Waals surface area (Å²) in [6.45, 7) is 1.52. The third kappa shape index (κ3) is 5.09. The molecule has 0 saturated heterocycles. The van der Waals surface area contributed by atoms with Crippen LogP contribution in [0.1, 0.15) is 5.01 Å². The topological polar surface area (TPSA) is 45.6 Å². The number of nitrogens with zero attached hydrogens (tertiary/aromatic N) is 2. The van der Waals surface area contributed by atoms with E-state index in [4.69, 9.17) is 16.3 Å². The van der Waals surface area contributed by atoms with Crippen molar-refractivity contribution in [1.82, 2.24) is 9.88 Å². The number of halogens is 1. The Labute approximate surface area is 127 Å². The highest BCUT2D eigenvalue weighted by atomic mass is 35.5. The van der Waals surface area contributed by atoms with Gasteiger partial charge in [-0.3, -0.25) is 4.90 Å². The molecule has 0 fully saturated rings. The molecule has 1 aromatic heterocycles. The lowest BCUT2D eigenvalue weighted by Gasteiger charge is -2.19. The minimum Gasteiger partial charge on any atom is -0.491 e. The van der Waals surface area contributed by atoms with Crippen molar-refractivity contribution in [2.75, 3.05) is 20.2 Å². The molecule has 1 N–H and O–H groups in total. The number of rotatable bonds is 7. The van der Waals surface area contributed by atoms with Crippen LogP contribution in [-0.4, -0.2) is 41.3 Å². The van der Waals surface area contributed by atoms with E-state index >= 15 is 0 Å². The van der Waals surface area contributed by atoms with Gasteiger partial charge >= 0.3 is 0 Å². The molecule has 0 aliphatic carbocycles. The highest BCUT2D eigenvalue weighted by Crippen LogP contribution is 2.15. The Morgan fingerprint density at radius 1 is 1.40 bits per heavy atom. The molecule has 4 nitrogen and oxygen atoms in total. The van der Waals surface area contributed by atoms with Crippen LogP contribution in [0.25, 0.3) is 0 Å². The first-order valence-electron chi connectivity index (χ1n) is 6.27. The molecule has 0 radical (unpaired) electrons. The Morgan fingerprint density at radius 2 is 2.15 bits per heavy atom. The summed E-state index contributed by atoms with van der Waals surface area (Å²) >= 11 is 7.41. The second kappa shape index (κ2) is 7.59. The van der Waals surface area contributed by atoms with Crippen molar-refractivity contribution >= 4 is 22.9 Å². The number of hydrogen-bond acceptors (Lipinski definition) is 5. The average Bonchev–Trinajstić information content (AvgIpc) is 2.90. The molecule has 0 spiro atoms. The van der Waals surface area contributed by atoms with Crippen molar-refractivity contribution in [3.63, 3.8) is 0 Å². The van der Waals surface area contributed by atoms with E-state index in [0.29, 0.717) is 17.3 Å². The van der Waals surface area contributed by atoms with Crippen molar-refractivity contribution < 1.29 is 9.84 Å². The summed E-state index contributed by atoms with van der Waals surface area (Å²) in [5.41, 5.74) is 0. The van der Waals surface area contributed by atoms with Gasteiger partial charge < -0.3 is 9.84 Å². The zero-order chi connectivity index (χ0) is 14.4.